The summed E-state index contributed by atoms with van der Waals surface area (Å²) in [6, 6.07) is 6.78. The average molecular weight is 289 g/mol. The Labute approximate surface area is 121 Å². The monoisotopic (exact) mass is 289 g/mol. The number of hydrogen-bond acceptors (Lipinski definition) is 5. The van der Waals surface area contributed by atoms with Gasteiger partial charge in [0.2, 0.25) is 0 Å². The van der Waals surface area contributed by atoms with Crippen molar-refractivity contribution in [3.8, 4) is 11.5 Å². The Balaban J connectivity index is 2.20. The van der Waals surface area contributed by atoms with Crippen molar-refractivity contribution in [3.63, 3.8) is 0 Å². The van der Waals surface area contributed by atoms with Crippen molar-refractivity contribution in [2.75, 3.05) is 6.54 Å². The first-order chi connectivity index (χ1) is 9.99. The molecule has 1 heterocycles. The fourth-order valence-electron chi connectivity index (χ4n) is 1.70. The fraction of sp³-hybridized carbons (Fsp3) is 0.286. The number of amides is 1. The molecule has 21 heavy (non-hydrogen) atoms. The van der Waals surface area contributed by atoms with E-state index in [0.29, 0.717) is 17.0 Å². The maximum Gasteiger partial charge on any atom is 0.308 e. The zero-order valence-corrected chi connectivity index (χ0v) is 11.7. The molecule has 110 valence electrons. The van der Waals surface area contributed by atoms with Crippen LogP contribution in [0.1, 0.15) is 23.1 Å². The third-order valence-electron chi connectivity index (χ3n) is 2.92. The van der Waals surface area contributed by atoms with Crippen molar-refractivity contribution in [2.45, 2.75) is 13.8 Å². The second-order valence-corrected chi connectivity index (χ2v) is 4.64. The summed E-state index contributed by atoms with van der Waals surface area (Å²) >= 11 is 0. The van der Waals surface area contributed by atoms with E-state index in [1.165, 1.54) is 6.92 Å². The third-order valence-corrected chi connectivity index (χ3v) is 2.92. The highest BCUT2D eigenvalue weighted by Crippen LogP contribution is 2.21. The number of nitrogens with one attached hydrogen (secondary N) is 1. The Bertz CT molecular complexity index is 666. The summed E-state index contributed by atoms with van der Waals surface area (Å²) < 4.78 is 5.07. The lowest BCUT2D eigenvalue weighted by Gasteiger charge is -2.10. The Morgan fingerprint density at radius 3 is 2.71 bits per heavy atom. The SMILES string of the molecule is Cc1noc(-c2ccccc2C(=O)NCC(C)C(=O)O)n1. The minimum atomic E-state index is -0.962. The lowest BCUT2D eigenvalue weighted by Crippen LogP contribution is -2.31. The number of hydrogen-bond donors (Lipinski definition) is 2. The first-order valence-electron chi connectivity index (χ1n) is 6.39. The van der Waals surface area contributed by atoms with Gasteiger partial charge in [-0.2, -0.15) is 4.98 Å². The normalized spacial score (nSPS) is 11.9. The fourth-order valence-corrected chi connectivity index (χ4v) is 1.70. The Morgan fingerprint density at radius 1 is 1.38 bits per heavy atom. The number of aliphatic carboxylic acids is 1. The van der Waals surface area contributed by atoms with Crippen molar-refractivity contribution >= 4 is 11.9 Å². The highest BCUT2D eigenvalue weighted by molar-refractivity contribution is 6.00. The largest absolute Gasteiger partial charge is 0.481 e. The molecule has 1 amide bonds. The molecule has 0 aliphatic rings. The van der Waals surface area contributed by atoms with E-state index >= 15 is 0 Å². The van der Waals surface area contributed by atoms with Crippen LogP contribution in [-0.2, 0) is 4.79 Å². The first kappa shape index (κ1) is 14.7. The zero-order chi connectivity index (χ0) is 15.4. The summed E-state index contributed by atoms with van der Waals surface area (Å²) in [6.07, 6.45) is 0. The van der Waals surface area contributed by atoms with Crippen LogP contribution in [0.4, 0.5) is 0 Å². The van der Waals surface area contributed by atoms with Crippen molar-refractivity contribution in [1.29, 1.82) is 0 Å². The van der Waals surface area contributed by atoms with Gasteiger partial charge in [-0.05, 0) is 19.1 Å². The summed E-state index contributed by atoms with van der Waals surface area (Å²) in [4.78, 5) is 27.0. The van der Waals surface area contributed by atoms with Crippen LogP contribution in [0.5, 0.6) is 0 Å². The van der Waals surface area contributed by atoms with Gasteiger partial charge in [0.25, 0.3) is 11.8 Å². The van der Waals surface area contributed by atoms with Crippen LogP contribution in [0.25, 0.3) is 11.5 Å². The summed E-state index contributed by atoms with van der Waals surface area (Å²) in [5.74, 6) is -1.28. The molecule has 7 heteroatoms. The molecule has 0 fully saturated rings. The van der Waals surface area contributed by atoms with Gasteiger partial charge in [0.15, 0.2) is 5.82 Å². The maximum atomic E-state index is 12.2. The second kappa shape index (κ2) is 6.17. The van der Waals surface area contributed by atoms with Crippen molar-refractivity contribution in [3.05, 3.63) is 35.7 Å². The number of benzene rings is 1. The number of carboxylic acid groups (broad SMARTS) is 1. The lowest BCUT2D eigenvalue weighted by atomic mass is 10.1. The Kier molecular flexibility index (Phi) is 4.32. The van der Waals surface area contributed by atoms with Crippen LogP contribution in [0, 0.1) is 12.8 Å². The molecule has 1 unspecified atom stereocenters. The van der Waals surface area contributed by atoms with E-state index in [1.807, 2.05) is 0 Å². The number of carbonyl (C=O) groups is 2. The standard InChI is InChI=1S/C14H15N3O4/c1-8(14(19)20)7-15-12(18)10-5-3-4-6-11(10)13-16-9(2)17-21-13/h3-6,8H,7H2,1-2H3,(H,15,18)(H,19,20). The van der Waals surface area contributed by atoms with E-state index in [0.717, 1.165) is 0 Å². The molecule has 0 aliphatic carbocycles. The van der Waals surface area contributed by atoms with Gasteiger partial charge in [-0.3, -0.25) is 9.59 Å². The van der Waals surface area contributed by atoms with E-state index in [9.17, 15) is 9.59 Å². The molecule has 2 N–H and O–H groups in total. The molecular formula is C14H15N3O4. The van der Waals surface area contributed by atoms with Gasteiger partial charge in [-0.1, -0.05) is 24.2 Å². The van der Waals surface area contributed by atoms with Crippen LogP contribution in [-0.4, -0.2) is 33.7 Å². The lowest BCUT2D eigenvalue weighted by molar-refractivity contribution is -0.140. The Hall–Kier alpha value is -2.70. The van der Waals surface area contributed by atoms with Crippen LogP contribution in [0.3, 0.4) is 0 Å². The van der Waals surface area contributed by atoms with E-state index in [-0.39, 0.29) is 18.3 Å². The highest BCUT2D eigenvalue weighted by atomic mass is 16.5. The van der Waals surface area contributed by atoms with E-state index < -0.39 is 11.9 Å². The molecule has 0 spiro atoms. The van der Waals surface area contributed by atoms with Gasteiger partial charge in [0, 0.05) is 6.54 Å². The number of rotatable bonds is 5. The predicted octanol–water partition coefficient (Wildman–Crippen LogP) is 1.50. The number of aromatic nitrogens is 2. The average Bonchev–Trinajstić information content (AvgIpc) is 2.90. The van der Waals surface area contributed by atoms with Crippen molar-refractivity contribution in [1.82, 2.24) is 15.5 Å². The van der Waals surface area contributed by atoms with E-state index in [1.54, 1.807) is 31.2 Å². The second-order valence-electron chi connectivity index (χ2n) is 4.64. The maximum absolute atomic E-state index is 12.2. The third kappa shape index (κ3) is 3.44. The number of carboxylic acids is 1. The molecule has 1 aromatic heterocycles. The van der Waals surface area contributed by atoms with Crippen molar-refractivity contribution < 1.29 is 19.2 Å². The topological polar surface area (TPSA) is 105 Å². The summed E-state index contributed by atoms with van der Waals surface area (Å²) in [6.45, 7) is 3.26. The van der Waals surface area contributed by atoms with Gasteiger partial charge >= 0.3 is 5.97 Å². The molecule has 0 aliphatic heterocycles. The van der Waals surface area contributed by atoms with Crippen molar-refractivity contribution in [2.24, 2.45) is 5.92 Å². The molecule has 1 aromatic carbocycles. The van der Waals surface area contributed by atoms with Gasteiger partial charge in [0.1, 0.15) is 0 Å². The molecule has 7 nitrogen and oxygen atoms in total. The predicted molar refractivity (Wildman–Crippen MR) is 73.6 cm³/mol. The summed E-state index contributed by atoms with van der Waals surface area (Å²) in [7, 11) is 0. The van der Waals surface area contributed by atoms with Crippen LogP contribution in [0.15, 0.2) is 28.8 Å². The molecule has 2 rings (SSSR count). The quantitative estimate of drug-likeness (QED) is 0.864. The number of nitrogens with zero attached hydrogens (tertiary/aromatic N) is 2. The molecular weight excluding hydrogens is 274 g/mol. The molecule has 2 aromatic rings. The summed E-state index contributed by atoms with van der Waals surface area (Å²) in [5, 5.41) is 15.1. The zero-order valence-electron chi connectivity index (χ0n) is 11.7. The Morgan fingerprint density at radius 2 is 2.10 bits per heavy atom. The number of carbonyl (C=O) groups excluding carboxylic acids is 1. The molecule has 0 bridgehead atoms. The summed E-state index contributed by atoms with van der Waals surface area (Å²) in [5.41, 5.74) is 0.873. The first-order valence-corrected chi connectivity index (χ1v) is 6.39. The van der Waals surface area contributed by atoms with Crippen LogP contribution < -0.4 is 5.32 Å². The van der Waals surface area contributed by atoms with Crippen LogP contribution in [0.2, 0.25) is 0 Å². The molecule has 0 radical (unpaired) electrons. The van der Waals surface area contributed by atoms with Gasteiger partial charge in [-0.15, -0.1) is 0 Å². The molecule has 0 saturated carbocycles. The van der Waals surface area contributed by atoms with E-state index in [4.69, 9.17) is 9.63 Å². The molecule has 0 saturated heterocycles. The van der Waals surface area contributed by atoms with Gasteiger partial charge in [0.05, 0.1) is 17.0 Å². The minimum Gasteiger partial charge on any atom is -0.481 e. The molecule has 1 atom stereocenters. The van der Waals surface area contributed by atoms with Crippen LogP contribution >= 0.6 is 0 Å². The van der Waals surface area contributed by atoms with E-state index in [2.05, 4.69) is 15.5 Å². The highest BCUT2D eigenvalue weighted by Gasteiger charge is 2.18. The smallest absolute Gasteiger partial charge is 0.308 e. The van der Waals surface area contributed by atoms with Gasteiger partial charge < -0.3 is 14.9 Å². The minimum absolute atomic E-state index is 0.0470. The van der Waals surface area contributed by atoms with Gasteiger partial charge in [-0.25, -0.2) is 0 Å². The number of aryl methyl sites for hydroxylation is 1.